The Labute approximate surface area is 159 Å². The van der Waals surface area contributed by atoms with E-state index in [2.05, 4.69) is 33.3 Å². The van der Waals surface area contributed by atoms with Gasteiger partial charge in [0.2, 0.25) is 5.91 Å². The average molecular weight is 364 g/mol. The zero-order valence-corrected chi connectivity index (χ0v) is 16.9. The topological polar surface area (TPSA) is 44.8 Å². The van der Waals surface area contributed by atoms with E-state index in [9.17, 15) is 4.79 Å². The fourth-order valence-electron chi connectivity index (χ4n) is 2.92. The first-order valence-electron chi connectivity index (χ1n) is 10.1. The smallest absolute Gasteiger partial charge is 0.233 e. The van der Waals surface area contributed by atoms with Crippen molar-refractivity contribution in [3.8, 4) is 0 Å². The van der Waals surface area contributed by atoms with Gasteiger partial charge in [-0.3, -0.25) is 9.69 Å². The minimum absolute atomic E-state index is 0.109. The Balaban J connectivity index is 0.00000163. The molecule has 0 saturated carbocycles. The molecule has 5 nitrogen and oxygen atoms in total. The normalized spacial score (nSPS) is 17.7. The van der Waals surface area contributed by atoms with Crippen molar-refractivity contribution < 1.29 is 9.53 Å². The van der Waals surface area contributed by atoms with Gasteiger partial charge in [-0.05, 0) is 44.4 Å². The zero-order chi connectivity index (χ0) is 19.0. The van der Waals surface area contributed by atoms with Crippen LogP contribution in [0.15, 0.2) is 36.1 Å². The molecule has 0 aromatic carbocycles. The Kier molecular flexibility index (Phi) is 12.6. The van der Waals surface area contributed by atoms with Gasteiger partial charge in [0.15, 0.2) is 0 Å². The number of piperazine rings is 1. The zero-order valence-electron chi connectivity index (χ0n) is 16.9. The SMILES string of the molecule is CC.CNC(=O)CN1CCN(CCCCCOC2=CCC=CC=C2)CC1. The molecule has 148 valence electrons. The molecule has 1 fully saturated rings. The molecule has 1 saturated heterocycles. The minimum atomic E-state index is 0.109. The van der Waals surface area contributed by atoms with Crippen LogP contribution in [-0.2, 0) is 9.53 Å². The van der Waals surface area contributed by atoms with Gasteiger partial charge in [-0.25, -0.2) is 0 Å². The molecule has 5 heteroatoms. The van der Waals surface area contributed by atoms with Crippen LogP contribution in [0.25, 0.3) is 0 Å². The van der Waals surface area contributed by atoms with Gasteiger partial charge in [-0.1, -0.05) is 32.1 Å². The van der Waals surface area contributed by atoms with Gasteiger partial charge in [0, 0.05) is 33.2 Å². The number of amides is 1. The molecule has 0 spiro atoms. The summed E-state index contributed by atoms with van der Waals surface area (Å²) in [6.45, 7) is 10.6. The number of allylic oxidation sites excluding steroid dienone is 5. The lowest BCUT2D eigenvalue weighted by Crippen LogP contribution is -2.49. The van der Waals surface area contributed by atoms with Crippen LogP contribution < -0.4 is 5.32 Å². The van der Waals surface area contributed by atoms with Crippen molar-refractivity contribution in [1.29, 1.82) is 0 Å². The van der Waals surface area contributed by atoms with Crippen LogP contribution in [0.3, 0.4) is 0 Å². The third-order valence-corrected chi connectivity index (χ3v) is 4.46. The van der Waals surface area contributed by atoms with Gasteiger partial charge in [0.05, 0.1) is 13.2 Å². The van der Waals surface area contributed by atoms with E-state index in [-0.39, 0.29) is 5.91 Å². The first kappa shape index (κ1) is 22.5. The number of likely N-dealkylation sites (N-methyl/N-ethyl adjacent to an activating group) is 1. The number of ether oxygens (including phenoxy) is 1. The predicted molar refractivity (Wildman–Crippen MR) is 109 cm³/mol. The standard InChI is InChI=1S/C19H31N3O2.C2H6/c1-20-19(23)17-22-14-12-21(13-15-22)11-7-4-8-16-24-18-9-5-2-3-6-10-18;1-2/h2-3,5,9-10H,4,6-8,11-17H2,1H3,(H,20,23);1-2H3. The highest BCUT2D eigenvalue weighted by Gasteiger charge is 2.17. The van der Waals surface area contributed by atoms with Crippen molar-refractivity contribution in [3.05, 3.63) is 36.1 Å². The molecular formula is C21H37N3O2. The molecule has 0 aromatic rings. The number of carbonyl (C=O) groups excluding carboxylic acids is 1. The van der Waals surface area contributed by atoms with E-state index in [0.29, 0.717) is 6.54 Å². The van der Waals surface area contributed by atoms with E-state index < -0.39 is 0 Å². The summed E-state index contributed by atoms with van der Waals surface area (Å²) >= 11 is 0. The molecule has 0 atom stereocenters. The van der Waals surface area contributed by atoms with Crippen LogP contribution in [0.4, 0.5) is 0 Å². The highest BCUT2D eigenvalue weighted by Crippen LogP contribution is 2.09. The van der Waals surface area contributed by atoms with E-state index in [4.69, 9.17) is 4.74 Å². The summed E-state index contributed by atoms with van der Waals surface area (Å²) in [5.41, 5.74) is 0. The highest BCUT2D eigenvalue weighted by molar-refractivity contribution is 5.77. The molecule has 0 unspecified atom stereocenters. The molecule has 2 rings (SSSR count). The molecule has 1 amide bonds. The van der Waals surface area contributed by atoms with E-state index in [1.165, 1.54) is 12.8 Å². The number of nitrogens with one attached hydrogen (secondary N) is 1. The van der Waals surface area contributed by atoms with Gasteiger partial charge in [-0.2, -0.15) is 0 Å². The van der Waals surface area contributed by atoms with Crippen LogP contribution in [-0.4, -0.2) is 68.6 Å². The average Bonchev–Trinajstić information content (AvgIpc) is 2.96. The summed E-state index contributed by atoms with van der Waals surface area (Å²) in [7, 11) is 1.70. The molecule has 2 aliphatic rings. The second-order valence-corrected chi connectivity index (χ2v) is 6.33. The molecule has 1 N–H and O–H groups in total. The van der Waals surface area contributed by atoms with Crippen molar-refractivity contribution >= 4 is 5.91 Å². The maximum Gasteiger partial charge on any atom is 0.233 e. The second-order valence-electron chi connectivity index (χ2n) is 6.33. The lowest BCUT2D eigenvalue weighted by Gasteiger charge is -2.34. The molecular weight excluding hydrogens is 326 g/mol. The van der Waals surface area contributed by atoms with Crippen LogP contribution in [0.1, 0.15) is 39.5 Å². The highest BCUT2D eigenvalue weighted by atomic mass is 16.5. The van der Waals surface area contributed by atoms with E-state index in [0.717, 1.165) is 57.9 Å². The van der Waals surface area contributed by atoms with Crippen LogP contribution in [0.2, 0.25) is 0 Å². The summed E-state index contributed by atoms with van der Waals surface area (Å²) in [6.07, 6.45) is 14.8. The Bertz CT molecular complexity index is 464. The van der Waals surface area contributed by atoms with Crippen LogP contribution in [0, 0.1) is 0 Å². The van der Waals surface area contributed by atoms with Gasteiger partial charge >= 0.3 is 0 Å². The molecule has 0 bridgehead atoms. The van der Waals surface area contributed by atoms with Crippen molar-refractivity contribution in [1.82, 2.24) is 15.1 Å². The van der Waals surface area contributed by atoms with Gasteiger partial charge < -0.3 is 15.0 Å². The molecule has 1 heterocycles. The molecule has 1 aliphatic heterocycles. The number of hydrogen-bond donors (Lipinski definition) is 1. The van der Waals surface area contributed by atoms with E-state index in [1.807, 2.05) is 26.0 Å². The maximum atomic E-state index is 11.4. The lowest BCUT2D eigenvalue weighted by atomic mass is 10.2. The Morgan fingerprint density at radius 2 is 1.81 bits per heavy atom. The molecule has 26 heavy (non-hydrogen) atoms. The van der Waals surface area contributed by atoms with E-state index >= 15 is 0 Å². The summed E-state index contributed by atoms with van der Waals surface area (Å²) in [5, 5.41) is 2.69. The number of nitrogens with zero attached hydrogens (tertiary/aromatic N) is 2. The summed E-state index contributed by atoms with van der Waals surface area (Å²) in [6, 6.07) is 0. The fraction of sp³-hybridized carbons (Fsp3) is 0.667. The fourth-order valence-corrected chi connectivity index (χ4v) is 2.92. The molecule has 1 aliphatic carbocycles. The third-order valence-electron chi connectivity index (χ3n) is 4.46. The lowest BCUT2D eigenvalue weighted by molar-refractivity contribution is -0.122. The monoisotopic (exact) mass is 363 g/mol. The van der Waals surface area contributed by atoms with E-state index in [1.54, 1.807) is 7.05 Å². The van der Waals surface area contributed by atoms with Crippen molar-refractivity contribution in [3.63, 3.8) is 0 Å². The largest absolute Gasteiger partial charge is 0.494 e. The first-order valence-corrected chi connectivity index (χ1v) is 10.1. The maximum absolute atomic E-state index is 11.4. The summed E-state index contributed by atoms with van der Waals surface area (Å²) in [5.74, 6) is 1.10. The van der Waals surface area contributed by atoms with Gasteiger partial charge in [-0.15, -0.1) is 0 Å². The number of rotatable bonds is 9. The third kappa shape index (κ3) is 9.78. The summed E-state index contributed by atoms with van der Waals surface area (Å²) < 4.78 is 5.79. The minimum Gasteiger partial charge on any atom is -0.494 e. The molecule has 0 radical (unpaired) electrons. The predicted octanol–water partition coefficient (Wildman–Crippen LogP) is 2.96. The Morgan fingerprint density at radius 1 is 1.08 bits per heavy atom. The van der Waals surface area contributed by atoms with Crippen molar-refractivity contribution in [2.45, 2.75) is 39.5 Å². The first-order chi connectivity index (χ1) is 12.8. The molecule has 0 aromatic heterocycles. The van der Waals surface area contributed by atoms with Gasteiger partial charge in [0.25, 0.3) is 0 Å². The van der Waals surface area contributed by atoms with Crippen LogP contribution in [0.5, 0.6) is 0 Å². The van der Waals surface area contributed by atoms with Crippen molar-refractivity contribution in [2.24, 2.45) is 0 Å². The Hall–Kier alpha value is -1.59. The number of carbonyl (C=O) groups is 1. The van der Waals surface area contributed by atoms with Gasteiger partial charge in [0.1, 0.15) is 5.76 Å². The second kappa shape index (κ2) is 14.6. The quantitative estimate of drug-likeness (QED) is 0.640. The number of unbranched alkanes of at least 4 members (excludes halogenated alkanes) is 2. The van der Waals surface area contributed by atoms with Crippen molar-refractivity contribution in [2.75, 3.05) is 52.9 Å². The number of hydrogen-bond acceptors (Lipinski definition) is 4. The van der Waals surface area contributed by atoms with Crippen LogP contribution >= 0.6 is 0 Å². The summed E-state index contributed by atoms with van der Waals surface area (Å²) in [4.78, 5) is 16.1. The Morgan fingerprint density at radius 3 is 2.54 bits per heavy atom.